The molecule has 0 amide bonds. The summed E-state index contributed by atoms with van der Waals surface area (Å²) in [7, 11) is -7.86. The van der Waals surface area contributed by atoms with Crippen LogP contribution in [0.2, 0.25) is 0 Å². The molecule has 0 unspecified atom stereocenters. The topological polar surface area (TPSA) is 236 Å². The maximum absolute atomic E-state index is 13.6. The van der Waals surface area contributed by atoms with Crippen LogP contribution in [-0.2, 0) is 65.1 Å². The van der Waals surface area contributed by atoms with Gasteiger partial charge in [0.15, 0.2) is 0 Å². The Kier molecular flexibility index (Phi) is 22.6. The summed E-state index contributed by atoms with van der Waals surface area (Å²) in [4.78, 5) is 17.3. The molecule has 410 valence electrons. The average molecular weight is 1070 g/mol. The molecule has 0 spiro atoms. The molecule has 4 aromatic carbocycles. The van der Waals surface area contributed by atoms with E-state index in [0.29, 0.717) is 29.9 Å². The fourth-order valence-electron chi connectivity index (χ4n) is 9.14. The Balaban J connectivity index is 0.000000322. The molecule has 1 saturated carbocycles. The van der Waals surface area contributed by atoms with Crippen molar-refractivity contribution in [2.45, 2.75) is 146 Å². The number of sulfonamides is 2. The van der Waals surface area contributed by atoms with Gasteiger partial charge in [-0.15, -0.1) is 0 Å². The molecule has 1 aliphatic heterocycles. The van der Waals surface area contributed by atoms with E-state index in [0.717, 1.165) is 30.6 Å². The number of aliphatic hydroxyl groups is 4. The van der Waals surface area contributed by atoms with E-state index in [9.17, 15) is 47.2 Å². The molecule has 1 saturated heterocycles. The van der Waals surface area contributed by atoms with Crippen LogP contribution < -0.4 is 5.11 Å². The van der Waals surface area contributed by atoms with Gasteiger partial charge in [-0.05, 0) is 90.0 Å². The van der Waals surface area contributed by atoms with Crippen molar-refractivity contribution in [2.75, 3.05) is 32.8 Å². The molecule has 0 aromatic heterocycles. The number of esters is 1. The molecular weight excluding hydrogens is 987 g/mol. The van der Waals surface area contributed by atoms with E-state index in [1.165, 1.54) is 32.9 Å². The maximum Gasteiger partial charge on any atom is 0.306 e. The second-order valence-electron chi connectivity index (χ2n) is 21.2. The van der Waals surface area contributed by atoms with Gasteiger partial charge in [-0.1, -0.05) is 133 Å². The summed E-state index contributed by atoms with van der Waals surface area (Å²) in [5.41, 5.74) is 2.26. The number of hydrogen-bond acceptors (Lipinski definition) is 14. The molecule has 6 rings (SSSR count). The molecule has 16 nitrogen and oxygen atoms in total. The zero-order valence-corrected chi connectivity index (χ0v) is 45.5. The van der Waals surface area contributed by atoms with E-state index in [-0.39, 0.29) is 93.5 Å². The van der Waals surface area contributed by atoms with Gasteiger partial charge in [-0.25, -0.2) is 16.8 Å². The van der Waals surface area contributed by atoms with Crippen LogP contribution >= 0.6 is 0 Å². The van der Waals surface area contributed by atoms with Gasteiger partial charge in [0.2, 0.25) is 20.0 Å². The first-order valence-corrected chi connectivity index (χ1v) is 28.4. The van der Waals surface area contributed by atoms with Crippen LogP contribution in [0.3, 0.4) is 0 Å². The van der Waals surface area contributed by atoms with Crippen molar-refractivity contribution in [3.8, 4) is 0 Å². The Hall–Kier alpha value is -4.76. The van der Waals surface area contributed by atoms with Gasteiger partial charge in [-0.3, -0.25) is 9.79 Å². The van der Waals surface area contributed by atoms with Crippen LogP contribution in [-0.4, -0.2) is 127 Å². The third-order valence-corrected chi connectivity index (χ3v) is 16.5. The lowest BCUT2D eigenvalue weighted by Crippen LogP contribution is -2.45. The molecule has 2 aliphatic rings. The molecule has 1 aliphatic carbocycles. The molecule has 18 heteroatoms. The molecule has 2 fully saturated rings. The highest BCUT2D eigenvalue weighted by Gasteiger charge is 2.41. The van der Waals surface area contributed by atoms with E-state index >= 15 is 0 Å². The van der Waals surface area contributed by atoms with Crippen molar-refractivity contribution in [1.82, 2.24) is 8.61 Å². The van der Waals surface area contributed by atoms with Gasteiger partial charge >= 0.3 is 5.97 Å². The zero-order chi connectivity index (χ0) is 54.2. The van der Waals surface area contributed by atoms with E-state index in [1.807, 2.05) is 88.4 Å². The number of hydrogen-bond donors (Lipinski definition) is 4. The third kappa shape index (κ3) is 18.5. The van der Waals surface area contributed by atoms with Crippen LogP contribution in [0.25, 0.3) is 0 Å². The summed E-state index contributed by atoms with van der Waals surface area (Å²) in [6.45, 7) is 13.2. The van der Waals surface area contributed by atoms with Gasteiger partial charge in [0, 0.05) is 52.2 Å². The first-order chi connectivity index (χ1) is 35.0. The average Bonchev–Trinajstić information content (AvgIpc) is 3.95. The fourth-order valence-corrected chi connectivity index (χ4v) is 12.4. The molecule has 0 radical (unpaired) electrons. The van der Waals surface area contributed by atoms with Gasteiger partial charge in [-0.2, -0.15) is 8.61 Å². The van der Waals surface area contributed by atoms with Crippen LogP contribution in [0.1, 0.15) is 97.8 Å². The van der Waals surface area contributed by atoms with Gasteiger partial charge < -0.3 is 39.7 Å². The summed E-state index contributed by atoms with van der Waals surface area (Å²) in [5, 5.41) is 53.6. The SMILES string of the molecule is CC(C)CN(C[C@@H](O)[C@@H](CC(=O)O[C@@H]1C[C@@H]2CCO[C@@H]2C1)Cc1ccccc1)S(=O)(=O)c1ccc(CO)cc1.CC(C)CN(C[C@@H](O)[C@H](Cc1ccccc1)N=C([O-])OC(C)(C)C)S(=O)(=O)c1ccc(CO)cc1.[HH]. The normalized spacial score (nSPS) is 19.0. The maximum atomic E-state index is 13.6. The molecule has 74 heavy (non-hydrogen) atoms. The minimum Gasteiger partial charge on any atom is -0.595 e. The second-order valence-corrected chi connectivity index (χ2v) is 25.1. The van der Waals surface area contributed by atoms with Gasteiger partial charge in [0.05, 0.1) is 53.8 Å². The number of carbonyl (C=O) groups is 1. The van der Waals surface area contributed by atoms with Crippen LogP contribution in [0.4, 0.5) is 0 Å². The lowest BCUT2D eigenvalue weighted by atomic mass is 9.90. The van der Waals surface area contributed by atoms with E-state index in [4.69, 9.17) is 14.2 Å². The van der Waals surface area contributed by atoms with Crippen molar-refractivity contribution < 1.29 is 62.8 Å². The highest BCUT2D eigenvalue weighted by atomic mass is 32.2. The predicted octanol–water partition coefficient (Wildman–Crippen LogP) is 6.12. The lowest BCUT2D eigenvalue weighted by molar-refractivity contribution is -0.261. The second kappa shape index (κ2) is 27.9. The number of aliphatic imine (C=N–C) groups is 1. The number of carbonyl (C=O) groups excluding carboxylic acids is 1. The monoisotopic (exact) mass is 1070 g/mol. The summed E-state index contributed by atoms with van der Waals surface area (Å²) < 4.78 is 73.4. The first-order valence-electron chi connectivity index (χ1n) is 25.6. The third-order valence-electron chi connectivity index (χ3n) is 12.8. The summed E-state index contributed by atoms with van der Waals surface area (Å²) >= 11 is 0. The van der Waals surface area contributed by atoms with E-state index in [2.05, 4.69) is 4.99 Å². The van der Waals surface area contributed by atoms with Crippen LogP contribution in [0.15, 0.2) is 124 Å². The number of nitrogens with zero attached hydrogens (tertiary/aromatic N) is 3. The highest BCUT2D eigenvalue weighted by molar-refractivity contribution is 7.89. The van der Waals surface area contributed by atoms with Crippen molar-refractivity contribution >= 4 is 32.1 Å². The molecule has 4 aromatic rings. The van der Waals surface area contributed by atoms with Gasteiger partial charge in [0.1, 0.15) is 12.2 Å². The first kappa shape index (κ1) is 60.1. The van der Waals surface area contributed by atoms with Crippen molar-refractivity contribution in [1.29, 1.82) is 0 Å². The van der Waals surface area contributed by atoms with Gasteiger partial charge in [0.25, 0.3) is 0 Å². The van der Waals surface area contributed by atoms with E-state index in [1.54, 1.807) is 45.0 Å². The number of benzene rings is 4. The van der Waals surface area contributed by atoms with Crippen LogP contribution in [0, 0.1) is 23.7 Å². The molecular formula is C56H80N3O13S2-. The molecule has 0 bridgehead atoms. The summed E-state index contributed by atoms with van der Waals surface area (Å²) in [6, 6.07) is 30.0. The fraction of sp³-hybridized carbons (Fsp3) is 0.536. The Bertz CT molecular complexity index is 2570. The number of ether oxygens (including phenoxy) is 3. The van der Waals surface area contributed by atoms with Crippen LogP contribution in [0.5, 0.6) is 0 Å². The number of aliphatic hydroxyl groups excluding tert-OH is 4. The smallest absolute Gasteiger partial charge is 0.306 e. The van der Waals surface area contributed by atoms with Crippen molar-refractivity contribution in [2.24, 2.45) is 28.7 Å². The minimum atomic E-state index is -3.95. The Morgan fingerprint density at radius 3 is 1.62 bits per heavy atom. The zero-order valence-electron chi connectivity index (χ0n) is 43.9. The Morgan fingerprint density at radius 2 is 1.18 bits per heavy atom. The summed E-state index contributed by atoms with van der Waals surface area (Å²) in [5.74, 6) is -0.458. The van der Waals surface area contributed by atoms with E-state index < -0.39 is 55.9 Å². The standard InChI is InChI=1S/C30H41NO7S.C26H38N2O6S.H2/c1-21(2)18-31(39(35,36)27-10-8-23(20-32)9-11-27)19-28(33)25(14-22-6-4-3-5-7-22)16-30(34)38-26-15-24-12-13-37-29(24)17-26;1-19(2)16-28(35(32,33)22-13-11-21(18-29)12-14-22)17-24(30)23(15-20-9-7-6-8-10-20)27-25(31)34-26(3,4)5;/h3-11,21,24-26,28-29,32-33H,12-20H2,1-2H3;6-14,19,23-24,29-30H,15-18H2,1-5H3,(H,27,31);1H/p-1/t24-,25+,26+,28+,29+;23-,24+;/m00./s1. The molecule has 4 N–H and O–H groups in total. The highest BCUT2D eigenvalue weighted by Crippen LogP contribution is 2.38. The van der Waals surface area contributed by atoms with Crippen molar-refractivity contribution in [3.05, 3.63) is 131 Å². The number of fused-ring (bicyclic) bond motifs is 1. The lowest BCUT2D eigenvalue weighted by Gasteiger charge is -2.32. The quantitative estimate of drug-likeness (QED) is 0.0352. The Morgan fingerprint density at radius 1 is 0.703 bits per heavy atom. The largest absolute Gasteiger partial charge is 0.595 e. The van der Waals surface area contributed by atoms with Crippen molar-refractivity contribution in [3.63, 3.8) is 0 Å². The Labute approximate surface area is 440 Å². The predicted molar refractivity (Wildman–Crippen MR) is 283 cm³/mol. The molecule has 7 atom stereocenters. The number of rotatable bonds is 24. The molecule has 1 heterocycles. The summed E-state index contributed by atoms with van der Waals surface area (Å²) in [6.07, 6.45) is -0.0241. The minimum absolute atomic E-state index is 0.